The summed E-state index contributed by atoms with van der Waals surface area (Å²) in [4.78, 5) is 26.1. The van der Waals surface area contributed by atoms with Crippen LogP contribution >= 0.6 is 0 Å². The van der Waals surface area contributed by atoms with Crippen molar-refractivity contribution in [2.24, 2.45) is 5.41 Å². The lowest BCUT2D eigenvalue weighted by atomic mass is 9.64. The van der Waals surface area contributed by atoms with Gasteiger partial charge in [-0.05, 0) is 51.3 Å². The molecule has 3 rings (SSSR count). The molecule has 24 heavy (non-hydrogen) atoms. The van der Waals surface area contributed by atoms with Crippen LogP contribution in [-0.2, 0) is 9.53 Å². The highest BCUT2D eigenvalue weighted by atomic mass is 19.1. The van der Waals surface area contributed by atoms with Gasteiger partial charge in [0.25, 0.3) is 0 Å². The Bertz CT molecular complexity index is 643. The van der Waals surface area contributed by atoms with Gasteiger partial charge >= 0.3 is 6.09 Å². The van der Waals surface area contributed by atoms with Crippen LogP contribution in [-0.4, -0.2) is 35.6 Å². The Balaban J connectivity index is 1.68. The van der Waals surface area contributed by atoms with Gasteiger partial charge in [-0.2, -0.15) is 0 Å². The van der Waals surface area contributed by atoms with Crippen LogP contribution in [0.5, 0.6) is 0 Å². The molecule has 2 fully saturated rings. The van der Waals surface area contributed by atoms with E-state index in [0.29, 0.717) is 25.9 Å². The summed E-state index contributed by atoms with van der Waals surface area (Å²) < 4.78 is 18.5. The van der Waals surface area contributed by atoms with Gasteiger partial charge in [0, 0.05) is 13.1 Å². The van der Waals surface area contributed by atoms with Gasteiger partial charge in [0.1, 0.15) is 11.4 Å². The van der Waals surface area contributed by atoms with E-state index in [1.54, 1.807) is 17.0 Å². The number of amides is 2. The van der Waals surface area contributed by atoms with Crippen LogP contribution in [0.25, 0.3) is 0 Å². The molecule has 2 aliphatic rings. The minimum Gasteiger partial charge on any atom is -0.444 e. The predicted octanol–water partition coefficient (Wildman–Crippen LogP) is 3.01. The maximum absolute atomic E-state index is 13.1. The molecule has 2 amide bonds. The summed E-state index contributed by atoms with van der Waals surface area (Å²) in [6.07, 6.45) is 0.829. The van der Waals surface area contributed by atoms with Crippen LogP contribution in [0.15, 0.2) is 24.3 Å². The highest BCUT2D eigenvalue weighted by Gasteiger charge is 2.56. The Kier molecular flexibility index (Phi) is 4.01. The lowest BCUT2D eigenvalue weighted by Crippen LogP contribution is -2.65. The number of benzene rings is 1. The molecule has 0 bridgehead atoms. The number of rotatable bonds is 1. The Morgan fingerprint density at radius 3 is 2.33 bits per heavy atom. The van der Waals surface area contributed by atoms with E-state index in [-0.39, 0.29) is 23.9 Å². The minimum absolute atomic E-state index is 0.0145. The van der Waals surface area contributed by atoms with Crippen molar-refractivity contribution in [2.75, 3.05) is 13.1 Å². The van der Waals surface area contributed by atoms with Crippen molar-refractivity contribution < 1.29 is 18.7 Å². The first-order valence-corrected chi connectivity index (χ1v) is 8.26. The van der Waals surface area contributed by atoms with Crippen molar-refractivity contribution in [3.8, 4) is 0 Å². The lowest BCUT2D eigenvalue weighted by molar-refractivity contribution is -0.151. The fourth-order valence-corrected chi connectivity index (χ4v) is 3.45. The number of carbonyl (C=O) groups is 2. The number of nitrogens with zero attached hydrogens (tertiary/aromatic N) is 1. The van der Waals surface area contributed by atoms with Crippen LogP contribution in [0.4, 0.5) is 9.18 Å². The molecule has 2 aliphatic heterocycles. The van der Waals surface area contributed by atoms with Crippen LogP contribution in [0, 0.1) is 11.2 Å². The normalized spacial score (nSPS) is 22.8. The zero-order valence-electron chi connectivity index (χ0n) is 14.3. The van der Waals surface area contributed by atoms with Crippen molar-refractivity contribution in [3.63, 3.8) is 0 Å². The standard InChI is InChI=1S/C18H23FN2O3/c1-17(2,3)24-16(23)21-10-8-18(9-11-21)14(20-15(18)22)12-4-6-13(19)7-5-12/h4-7,14H,8-11H2,1-3H3,(H,20,22). The Morgan fingerprint density at radius 1 is 1.25 bits per heavy atom. The highest BCUT2D eigenvalue weighted by Crippen LogP contribution is 2.49. The average molecular weight is 334 g/mol. The average Bonchev–Trinajstić information content (AvgIpc) is 2.52. The number of hydrogen-bond donors (Lipinski definition) is 1. The molecule has 0 aromatic heterocycles. The molecule has 1 N–H and O–H groups in total. The smallest absolute Gasteiger partial charge is 0.410 e. The molecule has 130 valence electrons. The SMILES string of the molecule is CC(C)(C)OC(=O)N1CCC2(CC1)C(=O)NC2c1ccc(F)cc1. The molecule has 1 atom stereocenters. The summed E-state index contributed by atoms with van der Waals surface area (Å²) in [5.41, 5.74) is -0.130. The van der Waals surface area contributed by atoms with Gasteiger partial charge in [-0.15, -0.1) is 0 Å². The molecule has 1 aromatic rings. The number of nitrogens with one attached hydrogen (secondary N) is 1. The van der Waals surface area contributed by atoms with E-state index in [1.807, 2.05) is 20.8 Å². The van der Waals surface area contributed by atoms with Gasteiger partial charge in [-0.25, -0.2) is 9.18 Å². The van der Waals surface area contributed by atoms with E-state index in [0.717, 1.165) is 5.56 Å². The quantitative estimate of drug-likeness (QED) is 0.803. The minimum atomic E-state index is -0.531. The number of piperidine rings is 1. The molecule has 0 saturated carbocycles. The first kappa shape index (κ1) is 16.7. The van der Waals surface area contributed by atoms with Gasteiger partial charge in [-0.3, -0.25) is 4.79 Å². The zero-order valence-corrected chi connectivity index (χ0v) is 14.3. The van der Waals surface area contributed by atoms with Crippen molar-refractivity contribution >= 4 is 12.0 Å². The van der Waals surface area contributed by atoms with Crippen molar-refractivity contribution in [2.45, 2.75) is 45.3 Å². The molecule has 1 spiro atoms. The third-order valence-electron chi connectivity index (χ3n) is 4.79. The summed E-state index contributed by atoms with van der Waals surface area (Å²) in [7, 11) is 0. The van der Waals surface area contributed by atoms with E-state index in [4.69, 9.17) is 4.74 Å². The van der Waals surface area contributed by atoms with E-state index < -0.39 is 11.0 Å². The number of carbonyl (C=O) groups excluding carboxylic acids is 2. The molecule has 0 radical (unpaired) electrons. The summed E-state index contributed by atoms with van der Waals surface area (Å²) in [6.45, 7) is 6.47. The van der Waals surface area contributed by atoms with E-state index in [9.17, 15) is 14.0 Å². The highest BCUT2D eigenvalue weighted by molar-refractivity contribution is 5.91. The molecule has 0 aliphatic carbocycles. The summed E-state index contributed by atoms with van der Waals surface area (Å²) in [5, 5.41) is 2.93. The van der Waals surface area contributed by atoms with E-state index >= 15 is 0 Å². The summed E-state index contributed by atoms with van der Waals surface area (Å²) in [5.74, 6) is -0.279. The van der Waals surface area contributed by atoms with Gasteiger partial charge in [0.05, 0.1) is 11.5 Å². The molecule has 2 heterocycles. The molecule has 1 unspecified atom stereocenters. The fourth-order valence-electron chi connectivity index (χ4n) is 3.45. The van der Waals surface area contributed by atoms with E-state index in [2.05, 4.69) is 5.32 Å². The molecular formula is C18H23FN2O3. The van der Waals surface area contributed by atoms with Crippen LogP contribution in [0.3, 0.4) is 0 Å². The zero-order chi connectivity index (χ0) is 17.5. The fraction of sp³-hybridized carbons (Fsp3) is 0.556. The number of ether oxygens (including phenoxy) is 1. The van der Waals surface area contributed by atoms with Crippen LogP contribution in [0.2, 0.25) is 0 Å². The van der Waals surface area contributed by atoms with E-state index in [1.165, 1.54) is 12.1 Å². The van der Waals surface area contributed by atoms with Gasteiger partial charge in [0.2, 0.25) is 5.91 Å². The molecule has 1 aromatic carbocycles. The largest absolute Gasteiger partial charge is 0.444 e. The molecule has 5 nitrogen and oxygen atoms in total. The topological polar surface area (TPSA) is 58.6 Å². The second-order valence-corrected chi connectivity index (χ2v) is 7.58. The Morgan fingerprint density at radius 2 is 1.83 bits per heavy atom. The molecular weight excluding hydrogens is 311 g/mol. The first-order valence-electron chi connectivity index (χ1n) is 8.26. The second-order valence-electron chi connectivity index (χ2n) is 7.58. The van der Waals surface area contributed by atoms with Crippen LogP contribution in [0.1, 0.15) is 45.2 Å². The van der Waals surface area contributed by atoms with Gasteiger partial charge in [-0.1, -0.05) is 12.1 Å². The number of halogens is 1. The van der Waals surface area contributed by atoms with Crippen molar-refractivity contribution in [1.82, 2.24) is 10.2 Å². The second kappa shape index (κ2) is 5.76. The summed E-state index contributed by atoms with van der Waals surface area (Å²) >= 11 is 0. The first-order chi connectivity index (χ1) is 11.2. The lowest BCUT2D eigenvalue weighted by Gasteiger charge is -2.52. The maximum atomic E-state index is 13.1. The monoisotopic (exact) mass is 334 g/mol. The number of likely N-dealkylation sites (tertiary alicyclic amines) is 1. The molecule has 6 heteroatoms. The van der Waals surface area contributed by atoms with Gasteiger partial charge < -0.3 is 15.0 Å². The predicted molar refractivity (Wildman–Crippen MR) is 86.8 cm³/mol. The number of β-lactam (4-membered cyclic amide) rings is 1. The summed E-state index contributed by atoms with van der Waals surface area (Å²) in [6, 6.07) is 6.11. The maximum Gasteiger partial charge on any atom is 0.410 e. The molecule has 2 saturated heterocycles. The third-order valence-corrected chi connectivity index (χ3v) is 4.79. The van der Waals surface area contributed by atoms with Gasteiger partial charge in [0.15, 0.2) is 0 Å². The van der Waals surface area contributed by atoms with Crippen molar-refractivity contribution in [1.29, 1.82) is 0 Å². The van der Waals surface area contributed by atoms with Crippen molar-refractivity contribution in [3.05, 3.63) is 35.6 Å². The third kappa shape index (κ3) is 2.97. The Labute approximate surface area is 141 Å². The number of hydrogen-bond acceptors (Lipinski definition) is 3. The van der Waals surface area contributed by atoms with Crippen LogP contribution < -0.4 is 5.32 Å². The Hall–Kier alpha value is -2.11.